The van der Waals surface area contributed by atoms with Crippen LogP contribution in [-0.4, -0.2) is 32.2 Å². The summed E-state index contributed by atoms with van der Waals surface area (Å²) in [6, 6.07) is 1.92. The zero-order valence-corrected chi connectivity index (χ0v) is 10.1. The molecule has 90 valence electrons. The summed E-state index contributed by atoms with van der Waals surface area (Å²) >= 11 is 0. The molecule has 2 heterocycles. The number of hydrogen-bond acceptors (Lipinski definition) is 5. The predicted octanol–water partition coefficient (Wildman–Crippen LogP) is 0.847. The van der Waals surface area contributed by atoms with Crippen molar-refractivity contribution < 1.29 is 9.53 Å². The third-order valence-electron chi connectivity index (χ3n) is 2.37. The van der Waals surface area contributed by atoms with Crippen molar-refractivity contribution in [2.45, 2.75) is 27.2 Å². The molecule has 0 aliphatic heterocycles. The normalized spacial score (nSPS) is 10.8. The van der Waals surface area contributed by atoms with E-state index < -0.39 is 0 Å². The highest BCUT2D eigenvalue weighted by molar-refractivity contribution is 5.71. The van der Waals surface area contributed by atoms with Gasteiger partial charge in [0.1, 0.15) is 12.2 Å². The SMILES string of the molecule is CCOC(=O)Cc1nnc2nc(C)cc(C)n12. The van der Waals surface area contributed by atoms with Crippen LogP contribution in [-0.2, 0) is 16.0 Å². The molecule has 0 fully saturated rings. The van der Waals surface area contributed by atoms with Crippen LogP contribution in [0.15, 0.2) is 6.07 Å². The van der Waals surface area contributed by atoms with Crippen molar-refractivity contribution in [3.63, 3.8) is 0 Å². The van der Waals surface area contributed by atoms with Gasteiger partial charge in [-0.25, -0.2) is 4.98 Å². The maximum absolute atomic E-state index is 11.4. The van der Waals surface area contributed by atoms with E-state index in [0.717, 1.165) is 11.4 Å². The molecule has 0 amide bonds. The molecule has 0 spiro atoms. The summed E-state index contributed by atoms with van der Waals surface area (Å²) < 4.78 is 6.66. The maximum atomic E-state index is 11.4. The van der Waals surface area contributed by atoms with Crippen LogP contribution in [0.1, 0.15) is 24.1 Å². The van der Waals surface area contributed by atoms with E-state index in [9.17, 15) is 4.79 Å². The lowest BCUT2D eigenvalue weighted by molar-refractivity contribution is -0.142. The van der Waals surface area contributed by atoms with E-state index in [1.165, 1.54) is 0 Å². The second-order valence-electron chi connectivity index (χ2n) is 3.77. The Morgan fingerprint density at radius 3 is 2.88 bits per heavy atom. The second-order valence-corrected chi connectivity index (χ2v) is 3.77. The molecule has 0 radical (unpaired) electrons. The van der Waals surface area contributed by atoms with Gasteiger partial charge in [0.25, 0.3) is 5.78 Å². The Balaban J connectivity index is 2.39. The Morgan fingerprint density at radius 1 is 1.41 bits per heavy atom. The van der Waals surface area contributed by atoms with Gasteiger partial charge in [-0.1, -0.05) is 0 Å². The van der Waals surface area contributed by atoms with Gasteiger partial charge in [-0.15, -0.1) is 10.2 Å². The molecule has 2 aromatic rings. The maximum Gasteiger partial charge on any atom is 0.313 e. The van der Waals surface area contributed by atoms with Crippen LogP contribution in [0.4, 0.5) is 0 Å². The summed E-state index contributed by atoms with van der Waals surface area (Å²) in [6.07, 6.45) is 0.112. The van der Waals surface area contributed by atoms with Gasteiger partial charge in [-0.2, -0.15) is 0 Å². The van der Waals surface area contributed by atoms with Crippen molar-refractivity contribution in [1.82, 2.24) is 19.6 Å². The Bertz CT molecular complexity index is 562. The zero-order chi connectivity index (χ0) is 12.4. The van der Waals surface area contributed by atoms with Crippen molar-refractivity contribution in [2.24, 2.45) is 0 Å². The molecule has 0 unspecified atom stereocenters. The van der Waals surface area contributed by atoms with Crippen molar-refractivity contribution in [2.75, 3.05) is 6.61 Å². The smallest absolute Gasteiger partial charge is 0.313 e. The standard InChI is InChI=1S/C11H14N4O2/c1-4-17-10(16)6-9-13-14-11-12-7(2)5-8(3)15(9)11/h5H,4,6H2,1-3H3. The van der Waals surface area contributed by atoms with Gasteiger partial charge in [-0.05, 0) is 26.8 Å². The first-order valence-electron chi connectivity index (χ1n) is 5.45. The number of nitrogens with zero attached hydrogens (tertiary/aromatic N) is 4. The number of ether oxygens (including phenoxy) is 1. The minimum Gasteiger partial charge on any atom is -0.466 e. The molecule has 17 heavy (non-hydrogen) atoms. The Labute approximate surface area is 98.6 Å². The van der Waals surface area contributed by atoms with Crippen molar-refractivity contribution in [3.8, 4) is 0 Å². The topological polar surface area (TPSA) is 69.4 Å². The highest BCUT2D eigenvalue weighted by Gasteiger charge is 2.13. The van der Waals surface area contributed by atoms with Crippen LogP contribution < -0.4 is 0 Å². The molecule has 0 N–H and O–H groups in total. The van der Waals surface area contributed by atoms with Gasteiger partial charge in [0.15, 0.2) is 0 Å². The molecular weight excluding hydrogens is 220 g/mol. The molecule has 6 heteroatoms. The highest BCUT2D eigenvalue weighted by Crippen LogP contribution is 2.08. The van der Waals surface area contributed by atoms with E-state index in [-0.39, 0.29) is 12.4 Å². The molecule has 2 rings (SSSR count). The average molecular weight is 234 g/mol. The van der Waals surface area contributed by atoms with Gasteiger partial charge < -0.3 is 4.74 Å². The van der Waals surface area contributed by atoms with Crippen LogP contribution in [0.2, 0.25) is 0 Å². The van der Waals surface area contributed by atoms with E-state index in [0.29, 0.717) is 18.2 Å². The van der Waals surface area contributed by atoms with Gasteiger partial charge in [0.05, 0.1) is 6.61 Å². The lowest BCUT2D eigenvalue weighted by atomic mass is 10.3. The van der Waals surface area contributed by atoms with Crippen LogP contribution in [0.3, 0.4) is 0 Å². The van der Waals surface area contributed by atoms with Crippen molar-refractivity contribution in [1.29, 1.82) is 0 Å². The summed E-state index contributed by atoms with van der Waals surface area (Å²) in [4.78, 5) is 15.7. The molecular formula is C11H14N4O2. The third kappa shape index (κ3) is 2.25. The molecule has 0 saturated carbocycles. The van der Waals surface area contributed by atoms with Crippen LogP contribution >= 0.6 is 0 Å². The van der Waals surface area contributed by atoms with Crippen molar-refractivity contribution >= 4 is 11.7 Å². The van der Waals surface area contributed by atoms with E-state index in [4.69, 9.17) is 4.74 Å². The summed E-state index contributed by atoms with van der Waals surface area (Å²) in [7, 11) is 0. The highest BCUT2D eigenvalue weighted by atomic mass is 16.5. The number of aryl methyl sites for hydroxylation is 2. The number of carbonyl (C=O) groups excluding carboxylic acids is 1. The van der Waals surface area contributed by atoms with Crippen LogP contribution in [0, 0.1) is 13.8 Å². The number of esters is 1. The van der Waals surface area contributed by atoms with Gasteiger partial charge in [0.2, 0.25) is 0 Å². The Kier molecular flexibility index (Phi) is 3.03. The first-order valence-corrected chi connectivity index (χ1v) is 5.45. The molecule has 6 nitrogen and oxygen atoms in total. The summed E-state index contributed by atoms with van der Waals surface area (Å²) in [5, 5.41) is 7.92. The monoisotopic (exact) mass is 234 g/mol. The minimum atomic E-state index is -0.304. The molecule has 0 saturated heterocycles. The van der Waals surface area contributed by atoms with Gasteiger partial charge >= 0.3 is 5.97 Å². The number of aromatic nitrogens is 4. The number of hydrogen-bond donors (Lipinski definition) is 0. The fraction of sp³-hybridized carbons (Fsp3) is 0.455. The number of fused-ring (bicyclic) bond motifs is 1. The largest absolute Gasteiger partial charge is 0.466 e. The Morgan fingerprint density at radius 2 is 2.18 bits per heavy atom. The quantitative estimate of drug-likeness (QED) is 0.736. The van der Waals surface area contributed by atoms with Gasteiger partial charge in [-0.3, -0.25) is 9.20 Å². The minimum absolute atomic E-state index is 0.112. The molecule has 0 aliphatic carbocycles. The van der Waals surface area contributed by atoms with E-state index in [1.54, 1.807) is 11.3 Å². The van der Waals surface area contributed by atoms with E-state index in [2.05, 4.69) is 15.2 Å². The summed E-state index contributed by atoms with van der Waals surface area (Å²) in [5.74, 6) is 0.770. The van der Waals surface area contributed by atoms with Crippen molar-refractivity contribution in [3.05, 3.63) is 23.3 Å². The number of rotatable bonds is 3. The number of carbonyl (C=O) groups is 1. The first-order chi connectivity index (χ1) is 8.11. The average Bonchev–Trinajstić information content (AvgIpc) is 2.61. The third-order valence-corrected chi connectivity index (χ3v) is 2.37. The van der Waals surface area contributed by atoms with E-state index >= 15 is 0 Å². The lowest BCUT2D eigenvalue weighted by Crippen LogP contribution is -2.11. The molecule has 0 aromatic carbocycles. The summed E-state index contributed by atoms with van der Waals surface area (Å²) in [5.41, 5.74) is 1.84. The molecule has 0 atom stereocenters. The molecule has 0 bridgehead atoms. The van der Waals surface area contributed by atoms with Gasteiger partial charge in [0, 0.05) is 11.4 Å². The lowest BCUT2D eigenvalue weighted by Gasteiger charge is -2.04. The zero-order valence-electron chi connectivity index (χ0n) is 10.1. The van der Waals surface area contributed by atoms with Crippen LogP contribution in [0.25, 0.3) is 5.78 Å². The summed E-state index contributed by atoms with van der Waals surface area (Å²) in [6.45, 7) is 5.97. The molecule has 2 aromatic heterocycles. The molecule has 0 aliphatic rings. The van der Waals surface area contributed by atoms with Crippen LogP contribution in [0.5, 0.6) is 0 Å². The fourth-order valence-corrected chi connectivity index (χ4v) is 1.75. The van der Waals surface area contributed by atoms with E-state index in [1.807, 2.05) is 19.9 Å². The Hall–Kier alpha value is -1.98. The fourth-order valence-electron chi connectivity index (χ4n) is 1.75. The second kappa shape index (κ2) is 4.48. The first kappa shape index (κ1) is 11.5. The predicted molar refractivity (Wildman–Crippen MR) is 60.6 cm³/mol.